The predicted molar refractivity (Wildman–Crippen MR) is 126 cm³/mol. The number of benzene rings is 2. The molecule has 3 aromatic rings. The molecule has 0 radical (unpaired) electrons. The van der Waals surface area contributed by atoms with Crippen LogP contribution >= 0.6 is 11.8 Å². The van der Waals surface area contributed by atoms with Gasteiger partial charge in [0.25, 0.3) is 5.22 Å². The van der Waals surface area contributed by atoms with E-state index in [0.717, 1.165) is 34.1 Å². The van der Waals surface area contributed by atoms with Crippen molar-refractivity contribution < 1.29 is 14.0 Å². The van der Waals surface area contributed by atoms with E-state index in [2.05, 4.69) is 39.9 Å². The van der Waals surface area contributed by atoms with Crippen molar-refractivity contribution in [2.24, 2.45) is 0 Å². The third-order valence-corrected chi connectivity index (χ3v) is 5.83. The van der Waals surface area contributed by atoms with Gasteiger partial charge in [-0.1, -0.05) is 66.7 Å². The van der Waals surface area contributed by atoms with E-state index in [-0.39, 0.29) is 30.0 Å². The molecular weight excluding hydrogens is 424 g/mol. The van der Waals surface area contributed by atoms with E-state index in [0.29, 0.717) is 17.5 Å². The summed E-state index contributed by atoms with van der Waals surface area (Å²) in [6.45, 7) is 7.91. The molecule has 168 valence electrons. The molecule has 0 aliphatic rings. The topological polar surface area (TPSA) is 97.1 Å². The van der Waals surface area contributed by atoms with Crippen molar-refractivity contribution in [2.75, 3.05) is 17.6 Å². The van der Waals surface area contributed by atoms with Crippen molar-refractivity contribution in [3.63, 3.8) is 0 Å². The summed E-state index contributed by atoms with van der Waals surface area (Å²) in [7, 11) is 0. The second kappa shape index (κ2) is 10.9. The highest BCUT2D eigenvalue weighted by Crippen LogP contribution is 2.23. The molecular formula is C24H28N4O3S. The zero-order valence-corrected chi connectivity index (χ0v) is 19.6. The van der Waals surface area contributed by atoms with Crippen LogP contribution in [0.2, 0.25) is 0 Å². The van der Waals surface area contributed by atoms with Crippen molar-refractivity contribution in [1.29, 1.82) is 0 Å². The standard InChI is InChI=1S/C24H28N4O3S/c1-15-10-17(3)23(18(4)11-15)26-20(29)13-25-21(30)14-32-24-28-27-22(31-24)12-16(2)19-8-6-5-7-9-19/h5-11,16H,12-14H2,1-4H3,(H,25,30)(H,26,29). The van der Waals surface area contributed by atoms with Gasteiger partial charge in [0.1, 0.15) is 0 Å². The van der Waals surface area contributed by atoms with Crippen LogP contribution in [0, 0.1) is 20.8 Å². The average Bonchev–Trinajstić information content (AvgIpc) is 3.21. The van der Waals surface area contributed by atoms with Crippen molar-refractivity contribution in [3.8, 4) is 0 Å². The van der Waals surface area contributed by atoms with Crippen LogP contribution in [0.5, 0.6) is 0 Å². The highest BCUT2D eigenvalue weighted by Gasteiger charge is 2.14. The molecule has 3 rings (SSSR count). The van der Waals surface area contributed by atoms with E-state index < -0.39 is 0 Å². The Balaban J connectivity index is 1.42. The molecule has 0 aliphatic heterocycles. The van der Waals surface area contributed by atoms with E-state index in [1.807, 2.05) is 51.1 Å². The van der Waals surface area contributed by atoms with E-state index >= 15 is 0 Å². The molecule has 2 N–H and O–H groups in total. The Morgan fingerprint density at radius 2 is 1.72 bits per heavy atom. The number of anilines is 1. The van der Waals surface area contributed by atoms with E-state index in [1.165, 1.54) is 5.56 Å². The smallest absolute Gasteiger partial charge is 0.277 e. The summed E-state index contributed by atoms with van der Waals surface area (Å²) < 4.78 is 5.65. The lowest BCUT2D eigenvalue weighted by Crippen LogP contribution is -2.34. The molecule has 2 aromatic carbocycles. The number of aryl methyl sites for hydroxylation is 3. The molecule has 8 heteroatoms. The Hall–Kier alpha value is -3.13. The maximum Gasteiger partial charge on any atom is 0.277 e. The fourth-order valence-corrected chi connectivity index (χ4v) is 4.07. The second-order valence-electron chi connectivity index (χ2n) is 7.86. The monoisotopic (exact) mass is 452 g/mol. The molecule has 32 heavy (non-hydrogen) atoms. The number of aromatic nitrogens is 2. The predicted octanol–water partition coefficient (Wildman–Crippen LogP) is 4.19. The van der Waals surface area contributed by atoms with Crippen LogP contribution in [0.4, 0.5) is 5.69 Å². The van der Waals surface area contributed by atoms with Crippen molar-refractivity contribution in [3.05, 3.63) is 70.6 Å². The molecule has 0 aliphatic carbocycles. The van der Waals surface area contributed by atoms with Crippen LogP contribution in [0.1, 0.15) is 41.0 Å². The fourth-order valence-electron chi connectivity index (χ4n) is 3.46. The third-order valence-electron chi connectivity index (χ3n) is 5.01. The normalized spacial score (nSPS) is 11.8. The van der Waals surface area contributed by atoms with Gasteiger partial charge in [-0.05, 0) is 43.4 Å². The first-order valence-electron chi connectivity index (χ1n) is 10.5. The van der Waals surface area contributed by atoms with Gasteiger partial charge in [0.15, 0.2) is 0 Å². The van der Waals surface area contributed by atoms with Crippen LogP contribution in [-0.2, 0) is 16.0 Å². The Kier molecular flexibility index (Phi) is 8.05. The van der Waals surface area contributed by atoms with Gasteiger partial charge in [-0.25, -0.2) is 0 Å². The largest absolute Gasteiger partial charge is 0.416 e. The Bertz CT molecular complexity index is 1060. The van der Waals surface area contributed by atoms with Crippen LogP contribution in [-0.4, -0.2) is 34.3 Å². The first-order valence-corrected chi connectivity index (χ1v) is 11.4. The number of hydrogen-bond acceptors (Lipinski definition) is 6. The number of nitrogens with zero attached hydrogens (tertiary/aromatic N) is 2. The SMILES string of the molecule is Cc1cc(C)c(NC(=O)CNC(=O)CSc2nnc(CC(C)c3ccccc3)o2)c(C)c1. The van der Waals surface area contributed by atoms with Gasteiger partial charge < -0.3 is 15.1 Å². The maximum absolute atomic E-state index is 12.2. The molecule has 1 atom stereocenters. The summed E-state index contributed by atoms with van der Waals surface area (Å²) in [5.74, 6) is 0.323. The Morgan fingerprint density at radius 1 is 1.03 bits per heavy atom. The zero-order valence-electron chi connectivity index (χ0n) is 18.8. The fraction of sp³-hybridized carbons (Fsp3) is 0.333. The number of nitrogens with one attached hydrogen (secondary N) is 2. The lowest BCUT2D eigenvalue weighted by Gasteiger charge is -2.13. The maximum atomic E-state index is 12.2. The van der Waals surface area contributed by atoms with Gasteiger partial charge >= 0.3 is 0 Å². The molecule has 0 saturated heterocycles. The highest BCUT2D eigenvalue weighted by molar-refractivity contribution is 7.99. The van der Waals surface area contributed by atoms with Gasteiger partial charge in [0.2, 0.25) is 17.7 Å². The third kappa shape index (κ3) is 6.68. The summed E-state index contributed by atoms with van der Waals surface area (Å²) in [6, 6.07) is 14.1. The minimum atomic E-state index is -0.278. The van der Waals surface area contributed by atoms with Crippen LogP contribution in [0.25, 0.3) is 0 Å². The molecule has 0 spiro atoms. The summed E-state index contributed by atoms with van der Waals surface area (Å²) in [5, 5.41) is 13.9. The molecule has 0 saturated carbocycles. The summed E-state index contributed by atoms with van der Waals surface area (Å²) in [6.07, 6.45) is 0.627. The molecule has 7 nitrogen and oxygen atoms in total. The lowest BCUT2D eigenvalue weighted by atomic mass is 9.98. The quantitative estimate of drug-likeness (QED) is 0.473. The van der Waals surface area contributed by atoms with Crippen molar-refractivity contribution in [2.45, 2.75) is 45.3 Å². The van der Waals surface area contributed by atoms with Crippen LogP contribution in [0.15, 0.2) is 52.1 Å². The van der Waals surface area contributed by atoms with Crippen molar-refractivity contribution in [1.82, 2.24) is 15.5 Å². The minimum absolute atomic E-state index is 0.0890. The van der Waals surface area contributed by atoms with E-state index in [9.17, 15) is 9.59 Å². The first-order chi connectivity index (χ1) is 15.3. The Labute approximate surface area is 192 Å². The molecule has 1 unspecified atom stereocenters. The number of carbonyl (C=O) groups excluding carboxylic acids is 2. The highest BCUT2D eigenvalue weighted by atomic mass is 32.2. The lowest BCUT2D eigenvalue weighted by molar-refractivity contribution is -0.122. The van der Waals surface area contributed by atoms with E-state index in [4.69, 9.17) is 4.42 Å². The molecule has 1 heterocycles. The average molecular weight is 453 g/mol. The van der Waals surface area contributed by atoms with Gasteiger partial charge in [-0.2, -0.15) is 0 Å². The number of amides is 2. The number of rotatable bonds is 9. The molecule has 2 amide bonds. The first kappa shape index (κ1) is 23.5. The van der Waals surface area contributed by atoms with Gasteiger partial charge in [-0.3, -0.25) is 9.59 Å². The summed E-state index contributed by atoms with van der Waals surface area (Å²) in [4.78, 5) is 24.3. The number of hydrogen-bond donors (Lipinski definition) is 2. The zero-order chi connectivity index (χ0) is 23.1. The molecule has 1 aromatic heterocycles. The molecule has 0 fully saturated rings. The van der Waals surface area contributed by atoms with Gasteiger partial charge in [0, 0.05) is 12.1 Å². The summed E-state index contributed by atoms with van der Waals surface area (Å²) >= 11 is 1.15. The van der Waals surface area contributed by atoms with Crippen molar-refractivity contribution >= 4 is 29.3 Å². The van der Waals surface area contributed by atoms with E-state index in [1.54, 1.807) is 0 Å². The van der Waals surface area contributed by atoms with Crippen LogP contribution < -0.4 is 10.6 Å². The van der Waals surface area contributed by atoms with Crippen LogP contribution in [0.3, 0.4) is 0 Å². The van der Waals surface area contributed by atoms with Gasteiger partial charge in [0.05, 0.1) is 12.3 Å². The second-order valence-corrected chi connectivity index (χ2v) is 8.79. The minimum Gasteiger partial charge on any atom is -0.416 e. The summed E-state index contributed by atoms with van der Waals surface area (Å²) in [5.41, 5.74) is 5.11. The number of carbonyl (C=O) groups is 2. The van der Waals surface area contributed by atoms with Gasteiger partial charge in [-0.15, -0.1) is 10.2 Å². The number of thioether (sulfide) groups is 1. The molecule has 0 bridgehead atoms. The Morgan fingerprint density at radius 3 is 2.41 bits per heavy atom.